The van der Waals surface area contributed by atoms with Crippen LogP contribution in [0.2, 0.25) is 0 Å². The summed E-state index contributed by atoms with van der Waals surface area (Å²) in [5, 5.41) is 1.08. The summed E-state index contributed by atoms with van der Waals surface area (Å²) in [6.07, 6.45) is 6.26. The summed E-state index contributed by atoms with van der Waals surface area (Å²) < 4.78 is 11.4. The molecule has 2 aromatic carbocycles. The molecule has 2 aromatic heterocycles. The second-order valence-corrected chi connectivity index (χ2v) is 7.38. The zero-order chi connectivity index (χ0) is 20.5. The van der Waals surface area contributed by atoms with Crippen LogP contribution in [0.1, 0.15) is 22.4 Å². The molecular weight excluding hydrogens is 372 g/mol. The number of ether oxygens (including phenoxy) is 2. The first-order valence-corrected chi connectivity index (χ1v) is 10.1. The van der Waals surface area contributed by atoms with E-state index >= 15 is 0 Å². The van der Waals surface area contributed by atoms with Crippen LogP contribution in [0.25, 0.3) is 28.1 Å². The number of aromatic nitrogens is 2. The van der Waals surface area contributed by atoms with Crippen molar-refractivity contribution in [3.05, 3.63) is 89.9 Å². The van der Waals surface area contributed by atoms with E-state index in [1.807, 2.05) is 36.7 Å². The van der Waals surface area contributed by atoms with Gasteiger partial charge in [-0.2, -0.15) is 0 Å². The Hall–Kier alpha value is -3.66. The van der Waals surface area contributed by atoms with Crippen LogP contribution in [-0.4, -0.2) is 23.2 Å². The van der Waals surface area contributed by atoms with Gasteiger partial charge in [-0.3, -0.25) is 9.97 Å². The summed E-state index contributed by atoms with van der Waals surface area (Å²) in [4.78, 5) is 9.25. The lowest BCUT2D eigenvalue weighted by Crippen LogP contribution is -2.15. The van der Waals surface area contributed by atoms with E-state index in [-0.39, 0.29) is 0 Å². The van der Waals surface area contributed by atoms with Crippen molar-refractivity contribution in [3.8, 4) is 22.6 Å². The van der Waals surface area contributed by atoms with E-state index < -0.39 is 0 Å². The van der Waals surface area contributed by atoms with Crippen molar-refractivity contribution in [3.63, 3.8) is 0 Å². The Morgan fingerprint density at radius 2 is 1.80 bits per heavy atom. The zero-order valence-electron chi connectivity index (χ0n) is 16.9. The maximum Gasteiger partial charge on any atom is 0.161 e. The fraction of sp³-hybridized carbons (Fsp3) is 0.154. The molecule has 0 spiro atoms. The summed E-state index contributed by atoms with van der Waals surface area (Å²) in [5.41, 5.74) is 7.74. The third-order valence-electron chi connectivity index (χ3n) is 5.65. The van der Waals surface area contributed by atoms with Gasteiger partial charge in [0.1, 0.15) is 13.2 Å². The lowest BCUT2D eigenvalue weighted by atomic mass is 9.93. The molecule has 5 rings (SSSR count). The van der Waals surface area contributed by atoms with Gasteiger partial charge in [0, 0.05) is 24.2 Å². The third kappa shape index (κ3) is 3.20. The molecule has 1 aliphatic rings. The number of hydrogen-bond acceptors (Lipinski definition) is 4. The van der Waals surface area contributed by atoms with E-state index in [0.717, 1.165) is 45.6 Å². The van der Waals surface area contributed by atoms with Crippen LogP contribution in [0, 0.1) is 6.92 Å². The highest BCUT2D eigenvalue weighted by Gasteiger charge is 2.15. The van der Waals surface area contributed by atoms with Crippen molar-refractivity contribution in [1.29, 1.82) is 0 Å². The average Bonchev–Trinajstić information content (AvgIpc) is 2.80. The maximum absolute atomic E-state index is 5.77. The molecule has 0 saturated heterocycles. The van der Waals surface area contributed by atoms with Crippen molar-refractivity contribution >= 4 is 17.0 Å². The number of benzene rings is 2. The van der Waals surface area contributed by atoms with Crippen LogP contribution >= 0.6 is 0 Å². The lowest BCUT2D eigenvalue weighted by molar-refractivity contribution is 0.171. The summed E-state index contributed by atoms with van der Waals surface area (Å²) in [6, 6.07) is 16.5. The SMILES string of the molecule is C=Cc1ccnc2c(Cc3cccc(-c4ccc5c(c4)OCCO5)c3C)nccc12. The summed E-state index contributed by atoms with van der Waals surface area (Å²) in [6.45, 7) is 7.26. The van der Waals surface area contributed by atoms with Gasteiger partial charge in [0.2, 0.25) is 0 Å². The van der Waals surface area contributed by atoms with Gasteiger partial charge in [0.25, 0.3) is 0 Å². The molecule has 1 aliphatic heterocycles. The van der Waals surface area contributed by atoms with Crippen LogP contribution in [-0.2, 0) is 6.42 Å². The molecule has 0 unspecified atom stereocenters. The van der Waals surface area contributed by atoms with Gasteiger partial charge in [-0.1, -0.05) is 36.9 Å². The van der Waals surface area contributed by atoms with Crippen LogP contribution in [0.5, 0.6) is 11.5 Å². The number of rotatable bonds is 4. The standard InChI is InChI=1S/C26H22N2O2/c1-3-18-9-11-28-26-22(18)10-12-27-23(26)15-19-5-4-6-21(17(19)2)20-7-8-24-25(16-20)30-14-13-29-24/h3-12,16H,1,13-15H2,2H3. The Labute approximate surface area is 175 Å². The fourth-order valence-electron chi connectivity index (χ4n) is 4.04. The summed E-state index contributed by atoms with van der Waals surface area (Å²) in [5.74, 6) is 1.61. The van der Waals surface area contributed by atoms with Gasteiger partial charge in [0.05, 0.1) is 11.2 Å². The summed E-state index contributed by atoms with van der Waals surface area (Å²) in [7, 11) is 0. The van der Waals surface area contributed by atoms with Gasteiger partial charge in [0.15, 0.2) is 11.5 Å². The minimum absolute atomic E-state index is 0.585. The Balaban J connectivity index is 1.55. The Morgan fingerprint density at radius 3 is 2.67 bits per heavy atom. The van der Waals surface area contributed by atoms with Crippen molar-refractivity contribution in [2.24, 2.45) is 0 Å². The second kappa shape index (κ2) is 7.64. The van der Waals surface area contributed by atoms with E-state index in [2.05, 4.69) is 53.8 Å². The van der Waals surface area contributed by atoms with Crippen LogP contribution in [0.4, 0.5) is 0 Å². The number of pyridine rings is 2. The quantitative estimate of drug-likeness (QED) is 0.451. The molecule has 30 heavy (non-hydrogen) atoms. The first-order valence-electron chi connectivity index (χ1n) is 10.1. The third-order valence-corrected chi connectivity index (χ3v) is 5.65. The van der Waals surface area contributed by atoms with Crippen molar-refractivity contribution in [2.75, 3.05) is 13.2 Å². The van der Waals surface area contributed by atoms with Gasteiger partial charge < -0.3 is 9.47 Å². The topological polar surface area (TPSA) is 44.2 Å². The van der Waals surface area contributed by atoms with E-state index in [1.54, 1.807) is 0 Å². The molecule has 0 aliphatic carbocycles. The molecule has 4 nitrogen and oxygen atoms in total. The average molecular weight is 394 g/mol. The van der Waals surface area contributed by atoms with Crippen LogP contribution in [0.15, 0.2) is 67.5 Å². The molecule has 0 atom stereocenters. The van der Waals surface area contributed by atoms with E-state index in [9.17, 15) is 0 Å². The van der Waals surface area contributed by atoms with Crippen LogP contribution in [0.3, 0.4) is 0 Å². The molecular formula is C26H22N2O2. The zero-order valence-corrected chi connectivity index (χ0v) is 16.9. The normalized spacial score (nSPS) is 12.7. The Morgan fingerprint density at radius 1 is 0.967 bits per heavy atom. The highest BCUT2D eigenvalue weighted by atomic mass is 16.6. The lowest BCUT2D eigenvalue weighted by Gasteiger charge is -2.19. The number of fused-ring (bicyclic) bond motifs is 2. The number of nitrogens with zero attached hydrogens (tertiary/aromatic N) is 2. The first kappa shape index (κ1) is 18.4. The molecule has 0 fully saturated rings. The van der Waals surface area contributed by atoms with E-state index in [1.165, 1.54) is 16.7 Å². The largest absolute Gasteiger partial charge is 0.486 e. The number of hydrogen-bond donors (Lipinski definition) is 0. The van der Waals surface area contributed by atoms with Gasteiger partial charge in [-0.15, -0.1) is 0 Å². The van der Waals surface area contributed by atoms with Gasteiger partial charge in [-0.05, 0) is 59.0 Å². The molecule has 0 bridgehead atoms. The molecule has 0 saturated carbocycles. The Bertz CT molecular complexity index is 1260. The summed E-state index contributed by atoms with van der Waals surface area (Å²) >= 11 is 0. The fourth-order valence-corrected chi connectivity index (χ4v) is 4.04. The predicted molar refractivity (Wildman–Crippen MR) is 120 cm³/mol. The minimum atomic E-state index is 0.585. The first-order chi connectivity index (χ1) is 14.7. The maximum atomic E-state index is 5.77. The molecule has 4 aromatic rings. The van der Waals surface area contributed by atoms with Gasteiger partial charge >= 0.3 is 0 Å². The van der Waals surface area contributed by atoms with Crippen molar-refractivity contribution < 1.29 is 9.47 Å². The molecule has 3 heterocycles. The molecule has 0 N–H and O–H groups in total. The highest BCUT2D eigenvalue weighted by Crippen LogP contribution is 2.36. The highest BCUT2D eigenvalue weighted by molar-refractivity contribution is 5.88. The molecule has 148 valence electrons. The van der Waals surface area contributed by atoms with E-state index in [0.29, 0.717) is 13.2 Å². The van der Waals surface area contributed by atoms with Gasteiger partial charge in [-0.25, -0.2) is 0 Å². The predicted octanol–water partition coefficient (Wildman–Crippen LogP) is 5.61. The van der Waals surface area contributed by atoms with Crippen molar-refractivity contribution in [1.82, 2.24) is 9.97 Å². The molecule has 4 heteroatoms. The molecule has 0 radical (unpaired) electrons. The minimum Gasteiger partial charge on any atom is -0.486 e. The monoisotopic (exact) mass is 394 g/mol. The van der Waals surface area contributed by atoms with Crippen molar-refractivity contribution in [2.45, 2.75) is 13.3 Å². The molecule has 0 amide bonds. The van der Waals surface area contributed by atoms with Crippen LogP contribution < -0.4 is 9.47 Å². The Kier molecular flexibility index (Phi) is 4.68. The van der Waals surface area contributed by atoms with E-state index in [4.69, 9.17) is 9.47 Å². The second-order valence-electron chi connectivity index (χ2n) is 7.38. The smallest absolute Gasteiger partial charge is 0.161 e.